The van der Waals surface area contributed by atoms with Gasteiger partial charge in [0.05, 0.1) is 0 Å². The lowest BCUT2D eigenvalue weighted by molar-refractivity contribution is -0.123. The summed E-state index contributed by atoms with van der Waals surface area (Å²) < 4.78 is 11.0. The summed E-state index contributed by atoms with van der Waals surface area (Å²) in [7, 11) is 0. The number of thiophene rings is 1. The minimum absolute atomic E-state index is 0.00134. The molecule has 0 saturated carbocycles. The first-order valence-corrected chi connectivity index (χ1v) is 9.21. The normalized spacial score (nSPS) is 16.5. The van der Waals surface area contributed by atoms with E-state index in [0.717, 1.165) is 26.1 Å². The van der Waals surface area contributed by atoms with Crippen molar-refractivity contribution in [3.63, 3.8) is 0 Å². The van der Waals surface area contributed by atoms with Crippen LogP contribution in [0.25, 0.3) is 0 Å². The van der Waals surface area contributed by atoms with Crippen LogP contribution in [0.5, 0.6) is 5.75 Å². The van der Waals surface area contributed by atoms with Gasteiger partial charge in [0, 0.05) is 35.1 Å². The highest BCUT2D eigenvalue weighted by atomic mass is 35.5. The van der Waals surface area contributed by atoms with Gasteiger partial charge in [0.15, 0.2) is 6.61 Å². The highest BCUT2D eigenvalue weighted by molar-refractivity contribution is 7.10. The Morgan fingerprint density at radius 1 is 1.25 bits per heavy atom. The van der Waals surface area contributed by atoms with Gasteiger partial charge in [0.25, 0.3) is 5.91 Å². The van der Waals surface area contributed by atoms with Crippen LogP contribution in [0, 0.1) is 0 Å². The zero-order valence-corrected chi connectivity index (χ0v) is 14.9. The van der Waals surface area contributed by atoms with Gasteiger partial charge in [-0.25, -0.2) is 0 Å². The van der Waals surface area contributed by atoms with Crippen LogP contribution >= 0.6 is 22.9 Å². The van der Waals surface area contributed by atoms with Crippen molar-refractivity contribution in [2.24, 2.45) is 0 Å². The predicted octanol–water partition coefficient (Wildman–Crippen LogP) is 3.64. The van der Waals surface area contributed by atoms with Crippen LogP contribution in [0.3, 0.4) is 0 Å². The second kappa shape index (κ2) is 8.01. The van der Waals surface area contributed by atoms with Crippen LogP contribution < -0.4 is 10.1 Å². The Hall–Kier alpha value is -1.56. The van der Waals surface area contributed by atoms with Crippen molar-refractivity contribution in [1.82, 2.24) is 5.32 Å². The highest BCUT2D eigenvalue weighted by Gasteiger charge is 2.35. The molecule has 1 aliphatic rings. The van der Waals surface area contributed by atoms with Gasteiger partial charge in [0.2, 0.25) is 0 Å². The number of hydrogen-bond donors (Lipinski definition) is 1. The maximum Gasteiger partial charge on any atom is 0.257 e. The Balaban J connectivity index is 1.54. The maximum atomic E-state index is 12.1. The molecular weight excluding hydrogens is 346 g/mol. The molecule has 24 heavy (non-hydrogen) atoms. The Bertz CT molecular complexity index is 651. The van der Waals surface area contributed by atoms with Crippen molar-refractivity contribution >= 4 is 28.8 Å². The topological polar surface area (TPSA) is 47.6 Å². The van der Waals surface area contributed by atoms with E-state index in [1.54, 1.807) is 35.6 Å². The molecule has 0 unspecified atom stereocenters. The number of ether oxygens (including phenoxy) is 2. The molecule has 0 atom stereocenters. The molecule has 0 bridgehead atoms. The van der Waals surface area contributed by atoms with Crippen LogP contribution in [0.2, 0.25) is 5.02 Å². The fourth-order valence-electron chi connectivity index (χ4n) is 2.85. The summed E-state index contributed by atoms with van der Waals surface area (Å²) in [6.07, 6.45) is 1.84. The van der Waals surface area contributed by atoms with E-state index in [2.05, 4.69) is 22.8 Å². The van der Waals surface area contributed by atoms with Crippen LogP contribution in [0.15, 0.2) is 41.8 Å². The van der Waals surface area contributed by atoms with Gasteiger partial charge in [-0.2, -0.15) is 0 Å². The Morgan fingerprint density at radius 2 is 2.00 bits per heavy atom. The van der Waals surface area contributed by atoms with Crippen molar-refractivity contribution in [2.75, 3.05) is 26.4 Å². The first kappa shape index (κ1) is 17.3. The quantitative estimate of drug-likeness (QED) is 0.850. The molecule has 0 spiro atoms. The van der Waals surface area contributed by atoms with Crippen molar-refractivity contribution in [1.29, 1.82) is 0 Å². The number of hydrogen-bond acceptors (Lipinski definition) is 4. The summed E-state index contributed by atoms with van der Waals surface area (Å²) >= 11 is 7.57. The molecule has 2 aromatic rings. The summed E-state index contributed by atoms with van der Waals surface area (Å²) in [6.45, 7) is 2.07. The molecular formula is C18H20ClNO3S. The van der Waals surface area contributed by atoms with Gasteiger partial charge < -0.3 is 14.8 Å². The first-order valence-electron chi connectivity index (χ1n) is 7.95. The average Bonchev–Trinajstić information content (AvgIpc) is 3.16. The molecule has 1 N–H and O–H groups in total. The molecule has 0 radical (unpaired) electrons. The lowest BCUT2D eigenvalue weighted by Gasteiger charge is -2.36. The van der Waals surface area contributed by atoms with E-state index in [-0.39, 0.29) is 17.9 Å². The van der Waals surface area contributed by atoms with Crippen molar-refractivity contribution in [3.8, 4) is 5.75 Å². The van der Waals surface area contributed by atoms with Crippen LogP contribution in [0.1, 0.15) is 17.7 Å². The molecule has 1 aromatic heterocycles. The molecule has 3 rings (SSSR count). The predicted molar refractivity (Wildman–Crippen MR) is 96.0 cm³/mol. The molecule has 6 heteroatoms. The molecule has 1 saturated heterocycles. The van der Waals surface area contributed by atoms with Crippen molar-refractivity contribution < 1.29 is 14.3 Å². The van der Waals surface area contributed by atoms with Gasteiger partial charge in [-0.15, -0.1) is 11.3 Å². The van der Waals surface area contributed by atoms with E-state index < -0.39 is 0 Å². The number of carbonyl (C=O) groups excluding carboxylic acids is 1. The van der Waals surface area contributed by atoms with E-state index >= 15 is 0 Å². The molecule has 1 fully saturated rings. The third-order valence-electron chi connectivity index (χ3n) is 4.30. The lowest BCUT2D eigenvalue weighted by atomic mass is 9.78. The van der Waals surface area contributed by atoms with Crippen LogP contribution in [-0.4, -0.2) is 32.3 Å². The van der Waals surface area contributed by atoms with Gasteiger partial charge in [-0.3, -0.25) is 4.79 Å². The highest BCUT2D eigenvalue weighted by Crippen LogP contribution is 2.36. The molecule has 2 heterocycles. The second-order valence-corrected chi connectivity index (χ2v) is 7.27. The third-order valence-corrected chi connectivity index (χ3v) is 5.67. The zero-order valence-electron chi connectivity index (χ0n) is 13.3. The van der Waals surface area contributed by atoms with Gasteiger partial charge >= 0.3 is 0 Å². The van der Waals surface area contributed by atoms with E-state index in [0.29, 0.717) is 17.3 Å². The maximum absolute atomic E-state index is 12.1. The summed E-state index contributed by atoms with van der Waals surface area (Å²) in [5.41, 5.74) is -0.0254. The van der Waals surface area contributed by atoms with Gasteiger partial charge in [0.1, 0.15) is 5.75 Å². The standard InChI is InChI=1S/C18H20ClNO3S/c19-14-3-5-15(6-4-14)23-12-17(21)20-13-18(7-9-22-10-8-18)16-2-1-11-24-16/h1-6,11H,7-10,12-13H2,(H,20,21). The minimum atomic E-state index is -0.118. The van der Waals surface area contributed by atoms with Crippen LogP contribution in [0.4, 0.5) is 0 Å². The molecule has 1 aliphatic heterocycles. The Kier molecular flexibility index (Phi) is 5.76. The summed E-state index contributed by atoms with van der Waals surface area (Å²) in [4.78, 5) is 13.5. The number of amides is 1. The Labute approximate surface area is 150 Å². The van der Waals surface area contributed by atoms with E-state index in [1.807, 2.05) is 0 Å². The minimum Gasteiger partial charge on any atom is -0.484 e. The number of nitrogens with one attached hydrogen (secondary N) is 1. The molecule has 4 nitrogen and oxygen atoms in total. The fourth-order valence-corrected chi connectivity index (χ4v) is 3.96. The number of halogens is 1. The molecule has 1 aromatic carbocycles. The van der Waals surface area contributed by atoms with Gasteiger partial charge in [-0.1, -0.05) is 17.7 Å². The number of benzene rings is 1. The third kappa shape index (κ3) is 4.29. The zero-order chi connectivity index (χ0) is 16.8. The largest absolute Gasteiger partial charge is 0.484 e. The van der Waals surface area contributed by atoms with Crippen LogP contribution in [-0.2, 0) is 14.9 Å². The van der Waals surface area contributed by atoms with E-state index in [1.165, 1.54) is 4.88 Å². The smallest absolute Gasteiger partial charge is 0.257 e. The van der Waals surface area contributed by atoms with Crippen molar-refractivity contribution in [2.45, 2.75) is 18.3 Å². The fraction of sp³-hybridized carbons (Fsp3) is 0.389. The Morgan fingerprint density at radius 3 is 2.67 bits per heavy atom. The summed E-state index contributed by atoms with van der Waals surface area (Å²) in [6, 6.07) is 11.2. The van der Waals surface area contributed by atoms with E-state index in [9.17, 15) is 4.79 Å². The molecule has 1 amide bonds. The van der Waals surface area contributed by atoms with Gasteiger partial charge in [-0.05, 0) is 48.6 Å². The van der Waals surface area contributed by atoms with E-state index in [4.69, 9.17) is 21.1 Å². The lowest BCUT2D eigenvalue weighted by Crippen LogP contribution is -2.45. The summed E-state index contributed by atoms with van der Waals surface area (Å²) in [5, 5.41) is 5.75. The first-order chi connectivity index (χ1) is 11.7. The monoisotopic (exact) mass is 365 g/mol. The number of carbonyl (C=O) groups is 1. The average molecular weight is 366 g/mol. The molecule has 128 valence electrons. The summed E-state index contributed by atoms with van der Waals surface area (Å²) in [5.74, 6) is 0.515. The second-order valence-electron chi connectivity index (χ2n) is 5.89. The SMILES string of the molecule is O=C(COc1ccc(Cl)cc1)NCC1(c2cccs2)CCOCC1. The molecule has 0 aliphatic carbocycles. The number of rotatable bonds is 6. The van der Waals surface area contributed by atoms with Crippen molar-refractivity contribution in [3.05, 3.63) is 51.7 Å².